The molecule has 3 saturated heterocycles. The second kappa shape index (κ2) is 9.04. The van der Waals surface area contributed by atoms with Crippen molar-refractivity contribution in [1.82, 2.24) is 15.1 Å². The molecule has 29 heavy (non-hydrogen) atoms. The average molecular weight is 419 g/mol. The third-order valence-electron chi connectivity index (χ3n) is 6.80. The van der Waals surface area contributed by atoms with Gasteiger partial charge in [0.15, 0.2) is 15.8 Å². The maximum atomic E-state index is 11.7. The van der Waals surface area contributed by atoms with Gasteiger partial charge in [-0.15, -0.1) is 0 Å². The van der Waals surface area contributed by atoms with Gasteiger partial charge in [0.2, 0.25) is 0 Å². The molecule has 3 unspecified atom stereocenters. The van der Waals surface area contributed by atoms with Gasteiger partial charge in [0.25, 0.3) is 0 Å². The smallest absolute Gasteiger partial charge is 0.193 e. The van der Waals surface area contributed by atoms with Crippen LogP contribution >= 0.6 is 0 Å². The standard InChI is InChI=1S/C22H34N4O2S/c1-23-22(24-14-19-10-13-29(27,28)17-19)26-12-9-21-20(16-26)8-5-11-25(21)15-18-6-3-2-4-7-18/h2-4,6-7,19-21H,5,8-17H2,1H3,(H,23,24). The molecule has 7 heteroatoms. The van der Waals surface area contributed by atoms with Crippen molar-refractivity contribution in [2.24, 2.45) is 16.8 Å². The fourth-order valence-corrected chi connectivity index (χ4v) is 7.18. The van der Waals surface area contributed by atoms with Crippen LogP contribution in [0.4, 0.5) is 0 Å². The molecule has 3 aliphatic rings. The first kappa shape index (κ1) is 20.7. The summed E-state index contributed by atoms with van der Waals surface area (Å²) in [5.74, 6) is 2.48. The van der Waals surface area contributed by atoms with Crippen LogP contribution in [0.1, 0.15) is 31.2 Å². The number of sulfone groups is 1. The monoisotopic (exact) mass is 418 g/mol. The lowest BCUT2D eigenvalue weighted by Crippen LogP contribution is -2.57. The molecule has 3 heterocycles. The Kier molecular flexibility index (Phi) is 6.44. The van der Waals surface area contributed by atoms with Crippen LogP contribution in [0.5, 0.6) is 0 Å². The first-order valence-corrected chi connectivity index (χ1v) is 12.8. The Balaban J connectivity index is 1.32. The van der Waals surface area contributed by atoms with Crippen LogP contribution in [-0.4, -0.2) is 75.0 Å². The maximum Gasteiger partial charge on any atom is 0.193 e. The molecule has 0 amide bonds. The van der Waals surface area contributed by atoms with Crippen LogP contribution in [0, 0.1) is 11.8 Å². The van der Waals surface area contributed by atoms with E-state index in [0.717, 1.165) is 38.4 Å². The number of benzene rings is 1. The van der Waals surface area contributed by atoms with Gasteiger partial charge >= 0.3 is 0 Å². The topological polar surface area (TPSA) is 65.0 Å². The molecule has 0 bridgehead atoms. The van der Waals surface area contributed by atoms with Crippen LogP contribution in [0.25, 0.3) is 0 Å². The number of guanidine groups is 1. The summed E-state index contributed by atoms with van der Waals surface area (Å²) in [7, 11) is -0.986. The van der Waals surface area contributed by atoms with Crippen molar-refractivity contribution in [2.75, 3.05) is 44.7 Å². The van der Waals surface area contributed by atoms with E-state index in [0.29, 0.717) is 30.0 Å². The Morgan fingerprint density at radius 1 is 1.17 bits per heavy atom. The molecule has 1 aromatic rings. The van der Waals surface area contributed by atoms with E-state index in [-0.39, 0.29) is 5.92 Å². The van der Waals surface area contributed by atoms with Crippen molar-refractivity contribution in [3.63, 3.8) is 0 Å². The van der Waals surface area contributed by atoms with Crippen LogP contribution in [-0.2, 0) is 16.4 Å². The van der Waals surface area contributed by atoms with Gasteiger partial charge in [-0.05, 0) is 49.6 Å². The summed E-state index contributed by atoms with van der Waals surface area (Å²) in [6, 6.07) is 11.5. The number of likely N-dealkylation sites (tertiary alicyclic amines) is 2. The Labute approximate surface area is 175 Å². The summed E-state index contributed by atoms with van der Waals surface area (Å²) in [5.41, 5.74) is 1.40. The molecule has 0 radical (unpaired) electrons. The average Bonchev–Trinajstić information content (AvgIpc) is 3.08. The summed E-state index contributed by atoms with van der Waals surface area (Å²) in [6.45, 7) is 4.99. The number of aliphatic imine (C=N–C) groups is 1. The molecule has 4 rings (SSSR count). The predicted octanol–water partition coefficient (Wildman–Crippen LogP) is 1.98. The molecule has 0 aromatic heterocycles. The van der Waals surface area contributed by atoms with Crippen LogP contribution in [0.15, 0.2) is 35.3 Å². The summed E-state index contributed by atoms with van der Waals surface area (Å²) in [4.78, 5) is 9.57. The van der Waals surface area contributed by atoms with E-state index >= 15 is 0 Å². The number of hydrogen-bond donors (Lipinski definition) is 1. The van der Waals surface area contributed by atoms with Gasteiger partial charge in [-0.25, -0.2) is 8.42 Å². The van der Waals surface area contributed by atoms with Crippen LogP contribution < -0.4 is 5.32 Å². The Bertz CT molecular complexity index is 811. The van der Waals surface area contributed by atoms with Gasteiger partial charge < -0.3 is 10.2 Å². The van der Waals surface area contributed by atoms with E-state index in [2.05, 4.69) is 50.4 Å². The van der Waals surface area contributed by atoms with Crippen molar-refractivity contribution in [1.29, 1.82) is 0 Å². The minimum atomic E-state index is -2.82. The zero-order valence-electron chi connectivity index (χ0n) is 17.5. The Morgan fingerprint density at radius 2 is 2.00 bits per heavy atom. The van der Waals surface area contributed by atoms with E-state index < -0.39 is 9.84 Å². The Hall–Kier alpha value is -1.60. The van der Waals surface area contributed by atoms with Crippen molar-refractivity contribution in [3.05, 3.63) is 35.9 Å². The summed E-state index contributed by atoms with van der Waals surface area (Å²) in [5, 5.41) is 3.46. The highest BCUT2D eigenvalue weighted by molar-refractivity contribution is 7.91. The van der Waals surface area contributed by atoms with E-state index in [9.17, 15) is 8.42 Å². The molecule has 3 fully saturated rings. The fraction of sp³-hybridized carbons (Fsp3) is 0.682. The molecular formula is C22H34N4O2S. The minimum absolute atomic E-state index is 0.213. The lowest BCUT2D eigenvalue weighted by atomic mass is 9.83. The molecule has 0 aliphatic carbocycles. The number of rotatable bonds is 4. The van der Waals surface area contributed by atoms with Crippen LogP contribution in [0.3, 0.4) is 0 Å². The van der Waals surface area contributed by atoms with Gasteiger partial charge in [-0.1, -0.05) is 30.3 Å². The number of hydrogen-bond acceptors (Lipinski definition) is 4. The van der Waals surface area contributed by atoms with Gasteiger partial charge in [-0.3, -0.25) is 9.89 Å². The van der Waals surface area contributed by atoms with Crippen LogP contribution in [0.2, 0.25) is 0 Å². The molecule has 160 valence electrons. The molecular weight excluding hydrogens is 384 g/mol. The SMILES string of the molecule is CN=C(NCC1CCS(=O)(=O)C1)N1CCC2C(CCCN2Cc2ccccc2)C1. The van der Waals surface area contributed by atoms with E-state index in [1.54, 1.807) is 0 Å². The van der Waals surface area contributed by atoms with E-state index in [1.165, 1.54) is 24.9 Å². The summed E-state index contributed by atoms with van der Waals surface area (Å²) < 4.78 is 23.4. The second-order valence-electron chi connectivity index (χ2n) is 8.86. The minimum Gasteiger partial charge on any atom is -0.356 e. The van der Waals surface area contributed by atoms with Crippen molar-refractivity contribution in [3.8, 4) is 0 Å². The molecule has 1 N–H and O–H groups in total. The number of nitrogens with one attached hydrogen (secondary N) is 1. The molecule has 1 aromatic carbocycles. The number of fused-ring (bicyclic) bond motifs is 1. The predicted molar refractivity (Wildman–Crippen MR) is 118 cm³/mol. The molecule has 0 saturated carbocycles. The zero-order valence-corrected chi connectivity index (χ0v) is 18.3. The van der Waals surface area contributed by atoms with Crippen molar-refractivity contribution in [2.45, 2.75) is 38.3 Å². The molecule has 6 nitrogen and oxygen atoms in total. The quantitative estimate of drug-likeness (QED) is 0.598. The molecule has 3 aliphatic heterocycles. The first-order chi connectivity index (χ1) is 14.0. The lowest BCUT2D eigenvalue weighted by Gasteiger charge is -2.48. The van der Waals surface area contributed by atoms with E-state index in [1.807, 2.05) is 7.05 Å². The number of nitrogens with zero attached hydrogens (tertiary/aromatic N) is 3. The molecule has 3 atom stereocenters. The Morgan fingerprint density at radius 3 is 2.72 bits per heavy atom. The van der Waals surface area contributed by atoms with Crippen molar-refractivity contribution < 1.29 is 8.42 Å². The highest BCUT2D eigenvalue weighted by Gasteiger charge is 2.37. The van der Waals surface area contributed by atoms with Gasteiger partial charge in [0.1, 0.15) is 0 Å². The second-order valence-corrected chi connectivity index (χ2v) is 11.1. The number of piperidine rings is 2. The fourth-order valence-electron chi connectivity index (χ4n) is 5.31. The highest BCUT2D eigenvalue weighted by Crippen LogP contribution is 2.31. The lowest BCUT2D eigenvalue weighted by molar-refractivity contribution is 0.0372. The third kappa shape index (κ3) is 5.12. The maximum absolute atomic E-state index is 11.7. The molecule has 0 spiro atoms. The van der Waals surface area contributed by atoms with Gasteiger partial charge in [0, 0.05) is 39.3 Å². The van der Waals surface area contributed by atoms with Gasteiger partial charge in [-0.2, -0.15) is 0 Å². The van der Waals surface area contributed by atoms with Crippen molar-refractivity contribution >= 4 is 15.8 Å². The normalized spacial score (nSPS) is 30.2. The first-order valence-electron chi connectivity index (χ1n) is 11.0. The zero-order chi connectivity index (χ0) is 20.3. The largest absolute Gasteiger partial charge is 0.356 e. The highest BCUT2D eigenvalue weighted by atomic mass is 32.2. The third-order valence-corrected chi connectivity index (χ3v) is 8.64. The summed E-state index contributed by atoms with van der Waals surface area (Å²) >= 11 is 0. The van der Waals surface area contributed by atoms with E-state index in [4.69, 9.17) is 0 Å². The van der Waals surface area contributed by atoms with Gasteiger partial charge in [0.05, 0.1) is 11.5 Å². The summed E-state index contributed by atoms with van der Waals surface area (Å²) in [6.07, 6.45) is 4.47.